The summed E-state index contributed by atoms with van der Waals surface area (Å²) in [6.45, 7) is 7.26. The van der Waals surface area contributed by atoms with Crippen molar-refractivity contribution < 1.29 is 14.3 Å². The topological polar surface area (TPSA) is 104 Å². The summed E-state index contributed by atoms with van der Waals surface area (Å²) in [7, 11) is 1.70. The number of carbonyl (C=O) groups excluding carboxylic acids is 2. The highest BCUT2D eigenvalue weighted by molar-refractivity contribution is 5.94. The van der Waals surface area contributed by atoms with Crippen molar-refractivity contribution in [1.82, 2.24) is 16.0 Å². The molecule has 1 atom stereocenters. The van der Waals surface area contributed by atoms with E-state index in [1.807, 2.05) is 45.0 Å². The van der Waals surface area contributed by atoms with Crippen LogP contribution in [0.4, 0.5) is 10.5 Å². The molecule has 1 unspecified atom stereocenters. The smallest absolute Gasteiger partial charge is 0.407 e. The Labute approximate surface area is 166 Å². The van der Waals surface area contributed by atoms with Gasteiger partial charge in [0.15, 0.2) is 5.96 Å². The van der Waals surface area contributed by atoms with E-state index in [0.29, 0.717) is 32.0 Å². The zero-order chi connectivity index (χ0) is 20.6. The molecule has 0 aromatic heterocycles. The normalized spacial score (nSPS) is 16.6. The third-order valence-corrected chi connectivity index (χ3v) is 4.16. The van der Waals surface area contributed by atoms with E-state index in [0.717, 1.165) is 17.7 Å². The van der Waals surface area contributed by atoms with Gasteiger partial charge in [0.05, 0.1) is 0 Å². The number of alkyl carbamates (subject to hydrolysis) is 1. The SMILES string of the molecule is CN=C(NCCCNC(=O)OC(C)(C)C)NCC1CC(=O)Nc2ccccc21. The van der Waals surface area contributed by atoms with Crippen LogP contribution in [0.15, 0.2) is 29.3 Å². The Morgan fingerprint density at radius 1 is 1.21 bits per heavy atom. The lowest BCUT2D eigenvalue weighted by atomic mass is 9.90. The number of ether oxygens (including phenoxy) is 1. The number of benzene rings is 1. The zero-order valence-electron chi connectivity index (χ0n) is 17.1. The monoisotopic (exact) mass is 389 g/mol. The summed E-state index contributed by atoms with van der Waals surface area (Å²) in [5, 5.41) is 12.1. The van der Waals surface area contributed by atoms with Crippen molar-refractivity contribution in [1.29, 1.82) is 0 Å². The van der Waals surface area contributed by atoms with E-state index >= 15 is 0 Å². The number of nitrogens with one attached hydrogen (secondary N) is 4. The Bertz CT molecular complexity index is 712. The van der Waals surface area contributed by atoms with Crippen molar-refractivity contribution in [3.05, 3.63) is 29.8 Å². The number of guanidine groups is 1. The van der Waals surface area contributed by atoms with Crippen molar-refractivity contribution >= 4 is 23.6 Å². The first kappa shape index (κ1) is 21.5. The molecule has 8 nitrogen and oxygen atoms in total. The second-order valence-electron chi connectivity index (χ2n) is 7.70. The molecule has 1 heterocycles. The molecule has 0 spiro atoms. The number of rotatable bonds is 6. The maximum absolute atomic E-state index is 11.9. The van der Waals surface area contributed by atoms with Crippen LogP contribution < -0.4 is 21.3 Å². The lowest BCUT2D eigenvalue weighted by Gasteiger charge is -2.26. The molecule has 0 saturated carbocycles. The molecular formula is C20H31N5O3. The van der Waals surface area contributed by atoms with Crippen molar-refractivity contribution in [2.75, 3.05) is 32.0 Å². The lowest BCUT2D eigenvalue weighted by Crippen LogP contribution is -2.41. The number of para-hydroxylation sites is 1. The van der Waals surface area contributed by atoms with Crippen LogP contribution in [0.3, 0.4) is 0 Å². The molecule has 0 bridgehead atoms. The van der Waals surface area contributed by atoms with Crippen LogP contribution in [-0.4, -0.2) is 50.2 Å². The Balaban J connectivity index is 1.71. The summed E-state index contributed by atoms with van der Waals surface area (Å²) in [4.78, 5) is 27.7. The van der Waals surface area contributed by atoms with Gasteiger partial charge in [-0.1, -0.05) is 18.2 Å². The number of fused-ring (bicyclic) bond motifs is 1. The highest BCUT2D eigenvalue weighted by Gasteiger charge is 2.24. The molecule has 8 heteroatoms. The van der Waals surface area contributed by atoms with E-state index in [-0.39, 0.29) is 11.8 Å². The first-order valence-electron chi connectivity index (χ1n) is 9.58. The molecule has 0 saturated heterocycles. The van der Waals surface area contributed by atoms with Crippen LogP contribution in [0.25, 0.3) is 0 Å². The van der Waals surface area contributed by atoms with Crippen LogP contribution in [0, 0.1) is 0 Å². The first-order chi connectivity index (χ1) is 13.3. The van der Waals surface area contributed by atoms with Gasteiger partial charge in [0.25, 0.3) is 0 Å². The molecule has 4 N–H and O–H groups in total. The average Bonchev–Trinajstić information content (AvgIpc) is 2.62. The van der Waals surface area contributed by atoms with Gasteiger partial charge in [-0.2, -0.15) is 0 Å². The molecule has 1 aromatic carbocycles. The number of aliphatic imine (C=N–C) groups is 1. The fourth-order valence-electron chi connectivity index (χ4n) is 2.92. The standard InChI is InChI=1S/C20H31N5O3/c1-20(2,3)28-19(27)23-11-7-10-22-18(21-4)24-13-14-12-17(26)25-16-9-6-5-8-15(14)16/h5-6,8-9,14H,7,10-13H2,1-4H3,(H,23,27)(H,25,26)(H2,21,22,24). The van der Waals surface area contributed by atoms with Crippen molar-refractivity contribution in [3.8, 4) is 0 Å². The molecule has 0 radical (unpaired) electrons. The Kier molecular flexibility index (Phi) is 7.66. The van der Waals surface area contributed by atoms with Gasteiger partial charge in [0, 0.05) is 44.7 Å². The van der Waals surface area contributed by atoms with Gasteiger partial charge in [-0.15, -0.1) is 0 Å². The molecule has 2 rings (SSSR count). The average molecular weight is 390 g/mol. The van der Waals surface area contributed by atoms with Crippen LogP contribution in [0.5, 0.6) is 0 Å². The van der Waals surface area contributed by atoms with Crippen molar-refractivity contribution in [2.45, 2.75) is 45.1 Å². The van der Waals surface area contributed by atoms with Gasteiger partial charge in [0.2, 0.25) is 5.91 Å². The zero-order valence-corrected chi connectivity index (χ0v) is 17.1. The third-order valence-electron chi connectivity index (χ3n) is 4.16. The molecule has 1 aliphatic heterocycles. The maximum Gasteiger partial charge on any atom is 0.407 e. The highest BCUT2D eigenvalue weighted by Crippen LogP contribution is 2.31. The molecular weight excluding hydrogens is 358 g/mol. The molecule has 28 heavy (non-hydrogen) atoms. The fraction of sp³-hybridized carbons (Fsp3) is 0.550. The second-order valence-corrected chi connectivity index (χ2v) is 7.70. The Morgan fingerprint density at radius 3 is 2.64 bits per heavy atom. The molecule has 0 aliphatic carbocycles. The number of carbonyl (C=O) groups is 2. The van der Waals surface area contributed by atoms with Gasteiger partial charge in [-0.05, 0) is 38.8 Å². The second kappa shape index (κ2) is 9.96. The third kappa shape index (κ3) is 7.09. The Morgan fingerprint density at radius 2 is 1.93 bits per heavy atom. The predicted octanol–water partition coefficient (Wildman–Crippen LogP) is 2.19. The molecule has 1 aromatic rings. The maximum atomic E-state index is 11.9. The van der Waals surface area contributed by atoms with Crippen LogP contribution in [-0.2, 0) is 9.53 Å². The minimum absolute atomic E-state index is 0.0293. The van der Waals surface area contributed by atoms with E-state index in [4.69, 9.17) is 4.74 Å². The van der Waals surface area contributed by atoms with Gasteiger partial charge >= 0.3 is 6.09 Å². The minimum atomic E-state index is -0.497. The molecule has 2 amide bonds. The molecule has 1 aliphatic rings. The number of hydrogen-bond acceptors (Lipinski definition) is 4. The van der Waals surface area contributed by atoms with E-state index in [1.54, 1.807) is 7.05 Å². The van der Waals surface area contributed by atoms with Gasteiger partial charge < -0.3 is 26.0 Å². The summed E-state index contributed by atoms with van der Waals surface area (Å²) >= 11 is 0. The van der Waals surface area contributed by atoms with Crippen LogP contribution >= 0.6 is 0 Å². The highest BCUT2D eigenvalue weighted by atomic mass is 16.6. The van der Waals surface area contributed by atoms with Crippen molar-refractivity contribution in [3.63, 3.8) is 0 Å². The first-order valence-corrected chi connectivity index (χ1v) is 9.58. The largest absolute Gasteiger partial charge is 0.444 e. The minimum Gasteiger partial charge on any atom is -0.444 e. The molecule has 154 valence electrons. The summed E-state index contributed by atoms with van der Waals surface area (Å²) in [5.41, 5.74) is 1.51. The fourth-order valence-corrected chi connectivity index (χ4v) is 2.92. The predicted molar refractivity (Wildman–Crippen MR) is 111 cm³/mol. The number of anilines is 1. The van der Waals surface area contributed by atoms with E-state index in [1.165, 1.54) is 0 Å². The van der Waals surface area contributed by atoms with Gasteiger partial charge in [0.1, 0.15) is 5.60 Å². The summed E-state index contributed by atoms with van der Waals surface area (Å²) in [6.07, 6.45) is 0.763. The molecule has 0 fully saturated rings. The summed E-state index contributed by atoms with van der Waals surface area (Å²) in [6, 6.07) is 7.86. The lowest BCUT2D eigenvalue weighted by molar-refractivity contribution is -0.116. The van der Waals surface area contributed by atoms with E-state index < -0.39 is 11.7 Å². The van der Waals surface area contributed by atoms with Gasteiger partial charge in [-0.25, -0.2) is 4.79 Å². The van der Waals surface area contributed by atoms with Gasteiger partial charge in [-0.3, -0.25) is 9.79 Å². The van der Waals surface area contributed by atoms with Crippen molar-refractivity contribution in [2.24, 2.45) is 4.99 Å². The quantitative estimate of drug-likeness (QED) is 0.339. The van der Waals surface area contributed by atoms with E-state index in [9.17, 15) is 9.59 Å². The van der Waals surface area contributed by atoms with Crippen LogP contribution in [0.1, 0.15) is 45.1 Å². The number of nitrogens with zero attached hydrogens (tertiary/aromatic N) is 1. The Hall–Kier alpha value is -2.77. The summed E-state index contributed by atoms with van der Waals surface area (Å²) < 4.78 is 5.19. The number of amides is 2. The van der Waals surface area contributed by atoms with Crippen LogP contribution in [0.2, 0.25) is 0 Å². The van der Waals surface area contributed by atoms with E-state index in [2.05, 4.69) is 26.3 Å². The number of hydrogen-bond donors (Lipinski definition) is 4. The summed E-state index contributed by atoms with van der Waals surface area (Å²) in [5.74, 6) is 0.791.